The van der Waals surface area contributed by atoms with Gasteiger partial charge in [-0.15, -0.1) is 0 Å². The number of hydrogen-bond acceptors (Lipinski definition) is 15. The van der Waals surface area contributed by atoms with Gasteiger partial charge in [-0.2, -0.15) is 0 Å². The standard InChI is InChI=1S/C88H172O17P2/c1-9-81(8)67-59-51-43-35-29-31-39-47-55-63-71-88(93)105-84(75-99-86(91)69-61-53-45-37-30-28-34-42-50-58-66-80(6)7)77-103-107(96,97)101-73-82(89)72-100-106(94,95)102-76-83(74-98-85(90)68-60-52-44-36-26-22-18-15-14-17-21-25-33-41-49-57-65-79(4)5)104-87(92)70-62-54-46-38-27-23-19-13-11-10-12-16-20-24-32-40-48-56-64-78(2)3/h78-84,89H,9-77H2,1-8H3,(H,94,95)(H,96,97)/t81?,82-,83-,84-/m1/s1. The van der Waals surface area contributed by atoms with Gasteiger partial charge in [0.05, 0.1) is 26.4 Å². The second kappa shape index (κ2) is 76.7. The Morgan fingerprint density at radius 1 is 0.262 bits per heavy atom. The first-order valence-electron chi connectivity index (χ1n) is 45.2. The Morgan fingerprint density at radius 2 is 0.449 bits per heavy atom. The molecule has 0 aliphatic heterocycles. The van der Waals surface area contributed by atoms with Gasteiger partial charge in [-0.05, 0) is 49.4 Å². The van der Waals surface area contributed by atoms with Gasteiger partial charge in [-0.3, -0.25) is 37.3 Å². The van der Waals surface area contributed by atoms with Gasteiger partial charge in [0.2, 0.25) is 0 Å². The van der Waals surface area contributed by atoms with Crippen LogP contribution in [-0.4, -0.2) is 96.7 Å². The highest BCUT2D eigenvalue weighted by Gasteiger charge is 2.31. The second-order valence-electron chi connectivity index (χ2n) is 33.3. The summed E-state index contributed by atoms with van der Waals surface area (Å²) in [5, 5.41) is 10.7. The predicted octanol–water partition coefficient (Wildman–Crippen LogP) is 26.7. The minimum absolute atomic E-state index is 0.106. The highest BCUT2D eigenvalue weighted by Crippen LogP contribution is 2.45. The van der Waals surface area contributed by atoms with E-state index in [0.29, 0.717) is 25.7 Å². The number of aliphatic hydroxyl groups is 1. The van der Waals surface area contributed by atoms with Crippen LogP contribution in [0.3, 0.4) is 0 Å². The van der Waals surface area contributed by atoms with Crippen LogP contribution in [0, 0.1) is 23.7 Å². The van der Waals surface area contributed by atoms with Crippen molar-refractivity contribution < 1.29 is 80.2 Å². The monoisotopic (exact) mass is 1560 g/mol. The quantitative estimate of drug-likeness (QED) is 0.0222. The van der Waals surface area contributed by atoms with E-state index in [-0.39, 0.29) is 25.7 Å². The molecule has 6 atom stereocenters. The van der Waals surface area contributed by atoms with Gasteiger partial charge in [-0.1, -0.05) is 409 Å². The average Bonchev–Trinajstić information content (AvgIpc) is 0.902. The van der Waals surface area contributed by atoms with E-state index in [1.807, 2.05) is 0 Å². The van der Waals surface area contributed by atoms with Crippen molar-refractivity contribution in [2.24, 2.45) is 23.7 Å². The van der Waals surface area contributed by atoms with Crippen molar-refractivity contribution in [1.29, 1.82) is 0 Å². The maximum atomic E-state index is 13.2. The summed E-state index contributed by atoms with van der Waals surface area (Å²) in [4.78, 5) is 73.3. The molecule has 19 heteroatoms. The van der Waals surface area contributed by atoms with Gasteiger partial charge in [0.15, 0.2) is 12.2 Å². The largest absolute Gasteiger partial charge is 0.472 e. The van der Waals surface area contributed by atoms with Crippen LogP contribution in [0.25, 0.3) is 0 Å². The molecule has 0 radical (unpaired) electrons. The van der Waals surface area contributed by atoms with E-state index in [0.717, 1.165) is 114 Å². The lowest BCUT2D eigenvalue weighted by atomic mass is 9.99. The molecule has 0 fully saturated rings. The van der Waals surface area contributed by atoms with Gasteiger partial charge >= 0.3 is 39.5 Å². The molecule has 0 aliphatic rings. The molecule has 0 aromatic rings. The fourth-order valence-corrected chi connectivity index (χ4v) is 15.2. The zero-order valence-electron chi connectivity index (χ0n) is 70.8. The summed E-state index contributed by atoms with van der Waals surface area (Å²) in [6.45, 7) is 14.4. The molecule has 0 amide bonds. The minimum Gasteiger partial charge on any atom is -0.462 e. The van der Waals surface area contributed by atoms with Gasteiger partial charge in [0.25, 0.3) is 0 Å². The first kappa shape index (κ1) is 105. The number of esters is 4. The summed E-state index contributed by atoms with van der Waals surface area (Å²) in [7, 11) is -9.93. The number of unbranched alkanes of at least 4 members (excludes halogenated alkanes) is 50. The number of phosphoric ester groups is 2. The van der Waals surface area contributed by atoms with Crippen molar-refractivity contribution in [2.75, 3.05) is 39.6 Å². The Kier molecular flexibility index (Phi) is 75.3. The number of ether oxygens (including phenoxy) is 4. The second-order valence-corrected chi connectivity index (χ2v) is 36.2. The zero-order valence-corrected chi connectivity index (χ0v) is 72.6. The highest BCUT2D eigenvalue weighted by atomic mass is 31.2. The van der Waals surface area contributed by atoms with Crippen LogP contribution >= 0.6 is 15.6 Å². The normalized spacial score (nSPS) is 14.1. The van der Waals surface area contributed by atoms with E-state index in [4.69, 9.17) is 37.0 Å². The van der Waals surface area contributed by atoms with Crippen molar-refractivity contribution in [3.05, 3.63) is 0 Å². The van der Waals surface area contributed by atoms with E-state index in [1.54, 1.807) is 0 Å². The number of carbonyl (C=O) groups is 4. The lowest BCUT2D eigenvalue weighted by Gasteiger charge is -2.21. The molecule has 17 nitrogen and oxygen atoms in total. The molecule has 3 unspecified atom stereocenters. The van der Waals surface area contributed by atoms with Crippen LogP contribution in [0.4, 0.5) is 0 Å². The van der Waals surface area contributed by atoms with Gasteiger partial charge in [-0.25, -0.2) is 9.13 Å². The molecular weight excluding hydrogens is 1390 g/mol. The molecule has 107 heavy (non-hydrogen) atoms. The number of hydrogen-bond donors (Lipinski definition) is 3. The Labute approximate surface area is 658 Å². The number of aliphatic hydroxyl groups excluding tert-OH is 1. The topological polar surface area (TPSA) is 237 Å². The molecule has 0 saturated heterocycles. The summed E-state index contributed by atoms with van der Waals surface area (Å²) in [6.07, 6.45) is 66.6. The zero-order chi connectivity index (χ0) is 78.8. The van der Waals surface area contributed by atoms with Crippen molar-refractivity contribution in [3.63, 3.8) is 0 Å². The summed E-state index contributed by atoms with van der Waals surface area (Å²) in [5.74, 6) is 1.09. The van der Waals surface area contributed by atoms with Crippen molar-refractivity contribution in [1.82, 2.24) is 0 Å². The fourth-order valence-electron chi connectivity index (χ4n) is 13.6. The molecular formula is C88H172O17P2. The fraction of sp³-hybridized carbons (Fsp3) is 0.955. The Morgan fingerprint density at radius 3 is 0.664 bits per heavy atom. The van der Waals surface area contributed by atoms with E-state index in [1.165, 1.54) is 263 Å². The third kappa shape index (κ3) is 80.5. The van der Waals surface area contributed by atoms with Crippen LogP contribution < -0.4 is 0 Å². The summed E-state index contributed by atoms with van der Waals surface area (Å²) < 4.78 is 69.0. The molecule has 0 bridgehead atoms. The molecule has 636 valence electrons. The molecule has 0 aliphatic carbocycles. The molecule has 0 heterocycles. The molecule has 0 aromatic heterocycles. The lowest BCUT2D eigenvalue weighted by molar-refractivity contribution is -0.161. The Hall–Kier alpha value is -1.94. The van der Waals surface area contributed by atoms with Crippen LogP contribution in [0.15, 0.2) is 0 Å². The van der Waals surface area contributed by atoms with Crippen LogP contribution in [-0.2, 0) is 65.4 Å². The van der Waals surface area contributed by atoms with Crippen LogP contribution in [0.2, 0.25) is 0 Å². The number of rotatable bonds is 85. The highest BCUT2D eigenvalue weighted by molar-refractivity contribution is 7.47. The molecule has 0 aromatic carbocycles. The molecule has 0 spiro atoms. The van der Waals surface area contributed by atoms with Crippen molar-refractivity contribution in [3.8, 4) is 0 Å². The van der Waals surface area contributed by atoms with Crippen molar-refractivity contribution in [2.45, 2.75) is 478 Å². The first-order chi connectivity index (χ1) is 51.6. The SMILES string of the molecule is CCC(C)CCCCCCCCCCCCC(=O)O[C@H](COC(=O)CCCCCCCCCCCCC(C)C)COP(=O)(O)OC[C@H](O)COP(=O)(O)OC[C@@H](COC(=O)CCCCCCCCCCCCCCCCCCC(C)C)OC(=O)CCCCCCCCCCCCCCCCCCCCC(C)C. The lowest BCUT2D eigenvalue weighted by Crippen LogP contribution is -2.30. The van der Waals surface area contributed by atoms with E-state index < -0.39 is 97.5 Å². The van der Waals surface area contributed by atoms with Crippen LogP contribution in [0.1, 0.15) is 460 Å². The third-order valence-electron chi connectivity index (χ3n) is 20.9. The maximum absolute atomic E-state index is 13.2. The summed E-state index contributed by atoms with van der Waals surface area (Å²) in [5.41, 5.74) is 0. The average molecular weight is 1560 g/mol. The Balaban J connectivity index is 5.26. The summed E-state index contributed by atoms with van der Waals surface area (Å²) >= 11 is 0. The predicted molar refractivity (Wildman–Crippen MR) is 441 cm³/mol. The molecule has 3 N–H and O–H groups in total. The first-order valence-corrected chi connectivity index (χ1v) is 48.2. The van der Waals surface area contributed by atoms with Gasteiger partial charge < -0.3 is 33.8 Å². The van der Waals surface area contributed by atoms with E-state index in [9.17, 15) is 43.2 Å². The molecule has 0 rings (SSSR count). The third-order valence-corrected chi connectivity index (χ3v) is 22.8. The summed E-state index contributed by atoms with van der Waals surface area (Å²) in [6, 6.07) is 0. The van der Waals surface area contributed by atoms with Crippen LogP contribution in [0.5, 0.6) is 0 Å². The van der Waals surface area contributed by atoms with Gasteiger partial charge in [0, 0.05) is 25.7 Å². The number of phosphoric acid groups is 2. The van der Waals surface area contributed by atoms with E-state index >= 15 is 0 Å². The smallest absolute Gasteiger partial charge is 0.462 e. The van der Waals surface area contributed by atoms with E-state index in [2.05, 4.69) is 55.4 Å². The minimum atomic E-state index is -4.97. The van der Waals surface area contributed by atoms with Gasteiger partial charge in [0.1, 0.15) is 19.3 Å². The Bertz CT molecular complexity index is 2080. The van der Waals surface area contributed by atoms with Crippen molar-refractivity contribution >= 4 is 39.5 Å². The molecule has 0 saturated carbocycles. The maximum Gasteiger partial charge on any atom is 0.472 e. The number of carbonyl (C=O) groups excluding carboxylic acids is 4.